The second kappa shape index (κ2) is 6.21. The second-order valence-corrected chi connectivity index (χ2v) is 7.68. The van der Waals surface area contributed by atoms with E-state index in [0.29, 0.717) is 11.5 Å². The molecule has 0 aliphatic carbocycles. The summed E-state index contributed by atoms with van der Waals surface area (Å²) in [5, 5.41) is 0. The van der Waals surface area contributed by atoms with Crippen LogP contribution < -0.4 is 0 Å². The van der Waals surface area contributed by atoms with Crippen LogP contribution in [0.3, 0.4) is 0 Å². The van der Waals surface area contributed by atoms with E-state index >= 15 is 0 Å². The van der Waals surface area contributed by atoms with Gasteiger partial charge in [0.1, 0.15) is 0 Å². The van der Waals surface area contributed by atoms with Crippen LogP contribution in [0.2, 0.25) is 0 Å². The molecule has 3 nitrogen and oxygen atoms in total. The molecule has 0 aromatic rings. The second-order valence-electron chi connectivity index (χ2n) is 1.55. The average Bonchev–Trinajstić information content (AvgIpc) is 1.65. The molecule has 10 heavy (non-hydrogen) atoms. The molecule has 0 saturated carbocycles. The SMILES string of the molecule is CCS(CC)=P(O)(O)O.[NaH]. The molecule has 0 fully saturated rings. The molecule has 0 unspecified atom stereocenters. The maximum atomic E-state index is 8.71. The van der Waals surface area contributed by atoms with E-state index in [4.69, 9.17) is 14.7 Å². The summed E-state index contributed by atoms with van der Waals surface area (Å²) in [6.45, 7) is 0.177. The molecule has 0 aliphatic rings. The van der Waals surface area contributed by atoms with Crippen LogP contribution in [0.4, 0.5) is 0 Å². The molecule has 0 radical (unpaired) electrons. The zero-order chi connectivity index (χ0) is 7.49. The molecule has 0 amide bonds. The van der Waals surface area contributed by atoms with Crippen molar-refractivity contribution in [2.75, 3.05) is 11.5 Å². The van der Waals surface area contributed by atoms with E-state index in [1.54, 1.807) is 0 Å². The van der Waals surface area contributed by atoms with E-state index in [-0.39, 0.29) is 29.6 Å². The molecular weight excluding hydrogens is 182 g/mol. The average molecular weight is 196 g/mol. The van der Waals surface area contributed by atoms with E-state index in [1.165, 1.54) is 0 Å². The number of hydrogen-bond donors (Lipinski definition) is 3. The minimum absolute atomic E-state index is 0. The Bertz CT molecular complexity index is 129. The summed E-state index contributed by atoms with van der Waals surface area (Å²) < 4.78 is 0. The number of rotatable bonds is 2. The van der Waals surface area contributed by atoms with Gasteiger partial charge in [-0.2, -0.15) is 0 Å². The fourth-order valence-corrected chi connectivity index (χ4v) is 3.73. The van der Waals surface area contributed by atoms with E-state index in [2.05, 4.69) is 0 Å². The topological polar surface area (TPSA) is 60.7 Å². The molecule has 0 aromatic heterocycles. The Balaban J connectivity index is 0. The van der Waals surface area contributed by atoms with Crippen LogP contribution in [-0.2, 0) is 10.1 Å². The fourth-order valence-electron chi connectivity index (χ4n) is 0.551. The van der Waals surface area contributed by atoms with Gasteiger partial charge in [0, 0.05) is 0 Å². The van der Waals surface area contributed by atoms with E-state index in [0.717, 1.165) is 0 Å². The Morgan fingerprint density at radius 2 is 1.40 bits per heavy atom. The standard InChI is InChI=1S/C4H13O3PS.Na.H/c1-3-9(4-2)8(5,6)7;;/h5-7H,3-4H2,1-2H3;;. The Hall–Kier alpha value is 1.66. The van der Waals surface area contributed by atoms with Crippen molar-refractivity contribution in [1.82, 2.24) is 0 Å². The van der Waals surface area contributed by atoms with E-state index in [1.807, 2.05) is 13.8 Å². The van der Waals surface area contributed by atoms with Crippen molar-refractivity contribution in [3.8, 4) is 0 Å². The normalized spacial score (nSPS) is 11.4. The molecule has 0 aliphatic heterocycles. The molecule has 0 spiro atoms. The summed E-state index contributed by atoms with van der Waals surface area (Å²) in [6, 6.07) is 0. The molecule has 0 heterocycles. The van der Waals surface area contributed by atoms with Gasteiger partial charge in [-0.25, -0.2) is 0 Å². The summed E-state index contributed by atoms with van der Waals surface area (Å²) in [7, 11) is -0.578. The van der Waals surface area contributed by atoms with Gasteiger partial charge >= 0.3 is 29.6 Å². The van der Waals surface area contributed by atoms with Gasteiger partial charge in [0.15, 0.2) is 0 Å². The van der Waals surface area contributed by atoms with Gasteiger partial charge in [0.25, 0.3) is 6.72 Å². The molecule has 0 atom stereocenters. The first-order valence-corrected chi connectivity index (χ1v) is 6.59. The minimum atomic E-state index is -3.50. The Morgan fingerprint density at radius 1 is 1.10 bits per heavy atom. The van der Waals surface area contributed by atoms with Crippen LogP contribution in [0.5, 0.6) is 0 Å². The van der Waals surface area contributed by atoms with Crippen molar-refractivity contribution in [1.29, 1.82) is 0 Å². The number of hydrogen-bond acceptors (Lipinski definition) is 0. The van der Waals surface area contributed by atoms with Crippen molar-refractivity contribution in [3.63, 3.8) is 0 Å². The van der Waals surface area contributed by atoms with Gasteiger partial charge in [-0.3, -0.25) is 0 Å². The van der Waals surface area contributed by atoms with E-state index < -0.39 is 16.8 Å². The van der Waals surface area contributed by atoms with Gasteiger partial charge in [-0.1, -0.05) is 13.8 Å². The summed E-state index contributed by atoms with van der Waals surface area (Å²) >= 11 is 0. The molecule has 0 bridgehead atoms. The summed E-state index contributed by atoms with van der Waals surface area (Å²) in [6.07, 6.45) is 0. The van der Waals surface area contributed by atoms with E-state index in [9.17, 15) is 0 Å². The predicted molar refractivity (Wildman–Crippen MR) is 49.2 cm³/mol. The van der Waals surface area contributed by atoms with Gasteiger partial charge in [0.2, 0.25) is 0 Å². The van der Waals surface area contributed by atoms with Crippen molar-refractivity contribution in [2.45, 2.75) is 13.8 Å². The first kappa shape index (κ1) is 14.2. The Morgan fingerprint density at radius 3 is 1.40 bits per heavy atom. The zero-order valence-corrected chi connectivity index (χ0v) is 7.32. The molecule has 60 valence electrons. The monoisotopic (exact) mass is 196 g/mol. The van der Waals surface area contributed by atoms with Crippen LogP contribution in [-0.4, -0.2) is 55.7 Å². The molecule has 3 N–H and O–H groups in total. The van der Waals surface area contributed by atoms with Crippen LogP contribution >= 0.6 is 6.72 Å². The van der Waals surface area contributed by atoms with Crippen LogP contribution in [0, 0.1) is 0 Å². The first-order chi connectivity index (χ1) is 4.02. The third-order valence-electron chi connectivity index (χ3n) is 1.01. The van der Waals surface area contributed by atoms with Gasteiger partial charge < -0.3 is 14.7 Å². The van der Waals surface area contributed by atoms with Crippen molar-refractivity contribution in [3.05, 3.63) is 0 Å². The third kappa shape index (κ3) is 5.33. The molecule has 0 aromatic carbocycles. The fraction of sp³-hybridized carbons (Fsp3) is 1.00. The van der Waals surface area contributed by atoms with Gasteiger partial charge in [-0.15, -0.1) is 10.1 Å². The van der Waals surface area contributed by atoms with Crippen LogP contribution in [0.1, 0.15) is 13.8 Å². The Labute approximate surface area is 85.9 Å². The van der Waals surface area contributed by atoms with Gasteiger partial charge in [-0.05, 0) is 11.5 Å². The predicted octanol–water partition coefficient (Wildman–Crippen LogP) is -0.350. The van der Waals surface area contributed by atoms with Crippen molar-refractivity contribution < 1.29 is 14.7 Å². The van der Waals surface area contributed by atoms with Crippen LogP contribution in [0.15, 0.2) is 0 Å². The van der Waals surface area contributed by atoms with Crippen molar-refractivity contribution >= 4 is 46.3 Å². The third-order valence-corrected chi connectivity index (χ3v) is 6.67. The first-order valence-electron chi connectivity index (χ1n) is 2.77. The maximum absolute atomic E-state index is 8.71. The molecule has 0 rings (SSSR count). The van der Waals surface area contributed by atoms with Crippen LogP contribution in [0.25, 0.3) is 0 Å². The summed E-state index contributed by atoms with van der Waals surface area (Å²) in [5.41, 5.74) is 0. The summed E-state index contributed by atoms with van der Waals surface area (Å²) in [4.78, 5) is 26.1. The molecular formula is C4H14NaO3PS. The molecule has 0 saturated heterocycles. The van der Waals surface area contributed by atoms with Gasteiger partial charge in [0.05, 0.1) is 0 Å². The Kier molecular flexibility index (Phi) is 8.81. The zero-order valence-electron chi connectivity index (χ0n) is 5.61. The molecule has 6 heteroatoms. The quantitative estimate of drug-likeness (QED) is 0.418. The van der Waals surface area contributed by atoms with Crippen molar-refractivity contribution in [2.24, 2.45) is 0 Å². The summed E-state index contributed by atoms with van der Waals surface area (Å²) in [5.74, 6) is 1.29.